The number of carbonyl (C=O) groups excluding carboxylic acids is 1. The Balaban J connectivity index is 1.97. The van der Waals surface area contributed by atoms with Gasteiger partial charge in [-0.3, -0.25) is 4.98 Å². The van der Waals surface area contributed by atoms with E-state index in [1.54, 1.807) is 24.3 Å². The van der Waals surface area contributed by atoms with Crippen LogP contribution in [0, 0.1) is 10.1 Å². The monoisotopic (exact) mass is 274 g/mol. The number of nitrogens with zero attached hydrogens (tertiary/aromatic N) is 2. The molecule has 0 bridgehead atoms. The Morgan fingerprint density at radius 2 is 1.80 bits per heavy atom. The van der Waals surface area contributed by atoms with Gasteiger partial charge < -0.3 is 9.57 Å². The van der Waals surface area contributed by atoms with Crippen molar-refractivity contribution in [2.75, 3.05) is 0 Å². The molecule has 7 nitrogen and oxygen atoms in total. The minimum Gasteiger partial charge on any atom is -0.423 e. The van der Waals surface area contributed by atoms with Gasteiger partial charge >= 0.3 is 5.97 Å². The predicted octanol–water partition coefficient (Wildman–Crippen LogP) is 2.01. The maximum atomic E-state index is 11.8. The predicted molar refractivity (Wildman–Crippen MR) is 67.4 cm³/mol. The zero-order chi connectivity index (χ0) is 14.4. The molecular formula is C13H10N2O5. The van der Waals surface area contributed by atoms with Gasteiger partial charge in [0.15, 0.2) is 0 Å². The van der Waals surface area contributed by atoms with Crippen LogP contribution < -0.4 is 4.74 Å². The molecule has 20 heavy (non-hydrogen) atoms. The van der Waals surface area contributed by atoms with Crippen LogP contribution in [-0.2, 0) is 11.4 Å². The molecule has 0 aliphatic rings. The van der Waals surface area contributed by atoms with Gasteiger partial charge in [0.1, 0.15) is 12.4 Å². The molecular weight excluding hydrogens is 264 g/mol. The molecule has 2 rings (SSSR count). The van der Waals surface area contributed by atoms with E-state index < -0.39 is 11.1 Å². The van der Waals surface area contributed by atoms with Crippen LogP contribution in [-0.4, -0.2) is 16.0 Å². The van der Waals surface area contributed by atoms with Gasteiger partial charge in [-0.15, -0.1) is 10.1 Å². The lowest BCUT2D eigenvalue weighted by Crippen LogP contribution is -2.08. The second-order valence-corrected chi connectivity index (χ2v) is 3.77. The summed E-state index contributed by atoms with van der Waals surface area (Å²) in [6.07, 6.45) is 2.99. The Morgan fingerprint density at radius 3 is 2.40 bits per heavy atom. The first-order chi connectivity index (χ1) is 9.65. The molecule has 0 atom stereocenters. The van der Waals surface area contributed by atoms with Crippen molar-refractivity contribution in [1.82, 2.24) is 4.98 Å². The third kappa shape index (κ3) is 3.77. The maximum Gasteiger partial charge on any atom is 0.343 e. The molecule has 0 saturated carbocycles. The van der Waals surface area contributed by atoms with Crippen molar-refractivity contribution in [3.05, 3.63) is 70.0 Å². The molecule has 0 radical (unpaired) electrons. The van der Waals surface area contributed by atoms with E-state index in [0.717, 1.165) is 0 Å². The number of pyridine rings is 1. The highest BCUT2D eigenvalue weighted by atomic mass is 16.9. The highest BCUT2D eigenvalue weighted by molar-refractivity contribution is 5.90. The first-order valence-corrected chi connectivity index (χ1v) is 5.63. The van der Waals surface area contributed by atoms with Crippen LogP contribution in [0.2, 0.25) is 0 Å². The molecule has 0 aliphatic carbocycles. The van der Waals surface area contributed by atoms with Gasteiger partial charge in [0.25, 0.3) is 5.09 Å². The second kappa shape index (κ2) is 6.28. The van der Waals surface area contributed by atoms with Crippen LogP contribution in [0.1, 0.15) is 15.9 Å². The zero-order valence-corrected chi connectivity index (χ0v) is 10.3. The van der Waals surface area contributed by atoms with E-state index in [4.69, 9.17) is 4.74 Å². The molecule has 102 valence electrons. The fourth-order valence-electron chi connectivity index (χ4n) is 1.43. The van der Waals surface area contributed by atoms with Gasteiger partial charge in [0.2, 0.25) is 0 Å². The second-order valence-electron chi connectivity index (χ2n) is 3.77. The Morgan fingerprint density at radius 1 is 1.15 bits per heavy atom. The van der Waals surface area contributed by atoms with Crippen molar-refractivity contribution in [3.8, 4) is 5.75 Å². The summed E-state index contributed by atoms with van der Waals surface area (Å²) in [7, 11) is 0. The van der Waals surface area contributed by atoms with Gasteiger partial charge in [0.05, 0.1) is 5.56 Å². The number of ether oxygens (including phenoxy) is 1. The van der Waals surface area contributed by atoms with Gasteiger partial charge in [-0.05, 0) is 29.8 Å². The number of hydrogen-bond donors (Lipinski definition) is 0. The van der Waals surface area contributed by atoms with Crippen LogP contribution in [0.25, 0.3) is 0 Å². The minimum absolute atomic E-state index is 0.147. The molecule has 1 aromatic carbocycles. The maximum absolute atomic E-state index is 11.8. The summed E-state index contributed by atoms with van der Waals surface area (Å²) in [5, 5.41) is 9.19. The largest absolute Gasteiger partial charge is 0.423 e. The fourth-order valence-corrected chi connectivity index (χ4v) is 1.43. The lowest BCUT2D eigenvalue weighted by molar-refractivity contribution is -0.763. The molecule has 7 heteroatoms. The van der Waals surface area contributed by atoms with E-state index in [1.807, 2.05) is 0 Å². The molecule has 2 aromatic rings. The first kappa shape index (κ1) is 13.5. The van der Waals surface area contributed by atoms with Gasteiger partial charge in [-0.1, -0.05) is 12.1 Å². The lowest BCUT2D eigenvalue weighted by Gasteiger charge is -2.05. The summed E-state index contributed by atoms with van der Waals surface area (Å²) < 4.78 is 5.14. The summed E-state index contributed by atoms with van der Waals surface area (Å²) >= 11 is 0. The van der Waals surface area contributed by atoms with E-state index in [2.05, 4.69) is 9.82 Å². The van der Waals surface area contributed by atoms with Crippen molar-refractivity contribution in [3.63, 3.8) is 0 Å². The minimum atomic E-state index is -0.864. The van der Waals surface area contributed by atoms with E-state index in [-0.39, 0.29) is 6.61 Å². The Kier molecular flexibility index (Phi) is 4.23. The average molecular weight is 274 g/mol. The topological polar surface area (TPSA) is 91.6 Å². The fraction of sp³-hybridized carbons (Fsp3) is 0.0769. The van der Waals surface area contributed by atoms with Gasteiger partial charge in [-0.25, -0.2) is 4.79 Å². The van der Waals surface area contributed by atoms with Crippen molar-refractivity contribution < 1.29 is 19.5 Å². The standard InChI is InChI=1S/C13H10N2O5/c16-13(11-5-7-14-8-6-11)20-12-3-1-10(2-4-12)9-19-15(17)18/h1-8H,9H2. The molecule has 0 spiro atoms. The number of benzene rings is 1. The summed E-state index contributed by atoms with van der Waals surface area (Å²) in [4.78, 5) is 29.8. The Hall–Kier alpha value is -2.96. The number of hydrogen-bond acceptors (Lipinski definition) is 6. The zero-order valence-electron chi connectivity index (χ0n) is 10.3. The summed E-state index contributed by atoms with van der Waals surface area (Å²) in [6.45, 7) is -0.147. The lowest BCUT2D eigenvalue weighted by atomic mass is 10.2. The molecule has 0 aliphatic heterocycles. The highest BCUT2D eigenvalue weighted by Crippen LogP contribution is 2.14. The molecule has 1 aromatic heterocycles. The van der Waals surface area contributed by atoms with Crippen LogP contribution in [0.4, 0.5) is 0 Å². The number of esters is 1. The normalized spacial score (nSPS) is 9.80. The van der Waals surface area contributed by atoms with E-state index >= 15 is 0 Å². The Labute approximate surface area is 113 Å². The number of carbonyl (C=O) groups is 1. The summed E-state index contributed by atoms with van der Waals surface area (Å²) in [5.41, 5.74) is 0.992. The molecule has 0 unspecified atom stereocenters. The van der Waals surface area contributed by atoms with Crippen LogP contribution >= 0.6 is 0 Å². The van der Waals surface area contributed by atoms with E-state index in [1.165, 1.54) is 24.5 Å². The van der Waals surface area contributed by atoms with E-state index in [0.29, 0.717) is 16.9 Å². The van der Waals surface area contributed by atoms with Crippen molar-refractivity contribution in [1.29, 1.82) is 0 Å². The SMILES string of the molecule is O=C(Oc1ccc(CO[N+](=O)[O-])cc1)c1ccncc1. The molecule has 0 fully saturated rings. The number of aromatic nitrogens is 1. The third-order valence-electron chi connectivity index (χ3n) is 2.39. The summed E-state index contributed by atoms with van der Waals surface area (Å²) in [6, 6.07) is 9.33. The third-order valence-corrected chi connectivity index (χ3v) is 2.39. The first-order valence-electron chi connectivity index (χ1n) is 5.63. The van der Waals surface area contributed by atoms with E-state index in [9.17, 15) is 14.9 Å². The Bertz CT molecular complexity index is 598. The quantitative estimate of drug-likeness (QED) is 0.358. The van der Waals surface area contributed by atoms with Crippen LogP contribution in [0.15, 0.2) is 48.8 Å². The van der Waals surface area contributed by atoms with Crippen molar-refractivity contribution >= 4 is 5.97 Å². The van der Waals surface area contributed by atoms with Crippen molar-refractivity contribution in [2.24, 2.45) is 0 Å². The van der Waals surface area contributed by atoms with Gasteiger partial charge in [-0.2, -0.15) is 0 Å². The average Bonchev–Trinajstić information content (AvgIpc) is 2.47. The van der Waals surface area contributed by atoms with Crippen LogP contribution in [0.3, 0.4) is 0 Å². The summed E-state index contributed by atoms with van der Waals surface area (Å²) in [5.74, 6) is -0.154. The van der Waals surface area contributed by atoms with Crippen LogP contribution in [0.5, 0.6) is 5.75 Å². The molecule has 1 heterocycles. The number of rotatable bonds is 5. The molecule has 0 amide bonds. The highest BCUT2D eigenvalue weighted by Gasteiger charge is 2.08. The molecule has 0 saturated heterocycles. The smallest absolute Gasteiger partial charge is 0.343 e. The van der Waals surface area contributed by atoms with Gasteiger partial charge in [0, 0.05) is 12.4 Å². The van der Waals surface area contributed by atoms with Crippen molar-refractivity contribution in [2.45, 2.75) is 6.61 Å². The molecule has 0 N–H and O–H groups in total.